The van der Waals surface area contributed by atoms with Crippen LogP contribution in [0.3, 0.4) is 0 Å². The van der Waals surface area contributed by atoms with Crippen LogP contribution in [-0.4, -0.2) is 63.1 Å². The molecule has 0 aromatic carbocycles. The Morgan fingerprint density at radius 1 is 1.34 bits per heavy atom. The predicted octanol–water partition coefficient (Wildman–Crippen LogP) is 1.36. The highest BCUT2D eigenvalue weighted by molar-refractivity contribution is 9.12. The zero-order chi connectivity index (χ0) is 21.1. The number of ketones is 2. The number of halogens is 2. The third-order valence-corrected chi connectivity index (χ3v) is 9.39. The lowest BCUT2D eigenvalue weighted by molar-refractivity contribution is -0.174. The summed E-state index contributed by atoms with van der Waals surface area (Å²) in [7, 11) is 0. The summed E-state index contributed by atoms with van der Waals surface area (Å²) in [6, 6.07) is 0. The maximum Gasteiger partial charge on any atom is 0.192 e. The second-order valence-electron chi connectivity index (χ2n) is 9.70. The van der Waals surface area contributed by atoms with Crippen molar-refractivity contribution in [3.63, 3.8) is 0 Å². The van der Waals surface area contributed by atoms with Crippen LogP contribution >= 0.6 is 15.9 Å². The third-order valence-electron chi connectivity index (χ3n) is 8.77. The fourth-order valence-corrected chi connectivity index (χ4v) is 7.91. The van der Waals surface area contributed by atoms with E-state index in [1.807, 2.05) is 6.92 Å². The third kappa shape index (κ3) is 2.01. The molecule has 1 heterocycles. The molecular weight excluding hydrogens is 447 g/mol. The van der Waals surface area contributed by atoms with Gasteiger partial charge in [0.2, 0.25) is 0 Å². The summed E-state index contributed by atoms with van der Waals surface area (Å²) in [5.74, 6) is -1.79. The van der Waals surface area contributed by atoms with Gasteiger partial charge in [-0.25, -0.2) is 4.39 Å². The van der Waals surface area contributed by atoms with Crippen LogP contribution < -0.4 is 0 Å². The highest BCUT2D eigenvalue weighted by atomic mass is 79.9. The monoisotopic (exact) mass is 470 g/mol. The molecule has 5 rings (SSSR count). The van der Waals surface area contributed by atoms with Crippen LogP contribution in [0, 0.1) is 22.7 Å². The van der Waals surface area contributed by atoms with Crippen LogP contribution in [0.1, 0.15) is 33.1 Å². The van der Waals surface area contributed by atoms with Gasteiger partial charge >= 0.3 is 0 Å². The van der Waals surface area contributed by atoms with E-state index >= 15 is 4.39 Å². The average Bonchev–Trinajstić information content (AvgIpc) is 3.35. The van der Waals surface area contributed by atoms with Crippen LogP contribution in [0.4, 0.5) is 4.39 Å². The largest absolute Gasteiger partial charge is 0.390 e. The fourth-order valence-electron chi connectivity index (χ4n) is 7.33. The Labute approximate surface area is 175 Å². The van der Waals surface area contributed by atoms with Crippen molar-refractivity contribution in [1.82, 2.24) is 0 Å². The predicted molar refractivity (Wildman–Crippen MR) is 103 cm³/mol. The Morgan fingerprint density at radius 3 is 2.69 bits per heavy atom. The van der Waals surface area contributed by atoms with E-state index in [4.69, 9.17) is 4.74 Å². The van der Waals surface area contributed by atoms with E-state index in [9.17, 15) is 24.9 Å². The average molecular weight is 471 g/mol. The molecule has 158 valence electrons. The summed E-state index contributed by atoms with van der Waals surface area (Å²) in [6.45, 7) is 2.75. The van der Waals surface area contributed by atoms with E-state index in [2.05, 4.69) is 15.9 Å². The first-order valence-corrected chi connectivity index (χ1v) is 10.8. The Kier molecular flexibility index (Phi) is 3.90. The normalized spacial score (nSPS) is 55.1. The van der Waals surface area contributed by atoms with Crippen LogP contribution in [0.5, 0.6) is 0 Å². The molecule has 0 bridgehead atoms. The minimum atomic E-state index is -2.09. The molecule has 4 fully saturated rings. The Bertz CT molecular complexity index is 902. The topological polar surface area (TPSA) is 107 Å². The van der Waals surface area contributed by atoms with Crippen molar-refractivity contribution in [2.24, 2.45) is 22.7 Å². The van der Waals surface area contributed by atoms with E-state index < -0.39 is 46.7 Å². The standard InChI is InChI=1S/C21H24BrFO6/c1-18-7-17-21(29-17)10(9(18)5-15(26)20(18,28)16(27)8-24)3-13(23)11-4-14(25)12(22)6-19(11,21)2/h4,6,9-10,13,15,17,24,26,28H,3,5,7-8H2,1-2H3/t9-,10-,13+,15+,17?,18-,19-,20-,21?/m0/s1. The zero-order valence-electron chi connectivity index (χ0n) is 16.2. The lowest BCUT2D eigenvalue weighted by Gasteiger charge is -2.56. The lowest BCUT2D eigenvalue weighted by Crippen LogP contribution is -2.64. The zero-order valence-corrected chi connectivity index (χ0v) is 17.8. The van der Waals surface area contributed by atoms with Gasteiger partial charge in [-0.2, -0.15) is 0 Å². The maximum absolute atomic E-state index is 15.4. The molecule has 29 heavy (non-hydrogen) atoms. The van der Waals surface area contributed by atoms with Crippen molar-refractivity contribution < 1.29 is 34.0 Å². The van der Waals surface area contributed by atoms with E-state index in [-0.39, 0.29) is 36.6 Å². The summed E-state index contributed by atoms with van der Waals surface area (Å²) in [4.78, 5) is 24.6. The molecule has 3 saturated carbocycles. The summed E-state index contributed by atoms with van der Waals surface area (Å²) in [6.07, 6.45) is 0.617. The highest BCUT2D eigenvalue weighted by Crippen LogP contribution is 2.76. The quantitative estimate of drug-likeness (QED) is 0.526. The minimum absolute atomic E-state index is 0.104. The molecule has 0 aromatic rings. The van der Waals surface area contributed by atoms with Gasteiger partial charge in [0.15, 0.2) is 17.2 Å². The summed E-state index contributed by atoms with van der Waals surface area (Å²) < 4.78 is 22.0. The van der Waals surface area contributed by atoms with Crippen LogP contribution in [0.25, 0.3) is 0 Å². The maximum atomic E-state index is 15.4. The number of carbonyl (C=O) groups excluding carboxylic acids is 2. The number of carbonyl (C=O) groups is 2. The molecule has 0 amide bonds. The lowest BCUT2D eigenvalue weighted by atomic mass is 9.46. The van der Waals surface area contributed by atoms with E-state index in [1.165, 1.54) is 6.08 Å². The van der Waals surface area contributed by atoms with Gasteiger partial charge in [-0.1, -0.05) is 13.0 Å². The molecule has 1 spiro atoms. The van der Waals surface area contributed by atoms with E-state index in [1.54, 1.807) is 13.0 Å². The first-order valence-electron chi connectivity index (χ1n) is 9.98. The van der Waals surface area contributed by atoms with Crippen molar-refractivity contribution in [2.75, 3.05) is 6.61 Å². The number of Topliss-reactive ketones (excluding diaryl/α,β-unsaturated/α-hetero) is 1. The van der Waals surface area contributed by atoms with Crippen molar-refractivity contribution in [1.29, 1.82) is 0 Å². The Hall–Kier alpha value is -0.930. The van der Waals surface area contributed by atoms with Crippen LogP contribution in [-0.2, 0) is 14.3 Å². The number of fused-ring (bicyclic) bond motifs is 3. The van der Waals surface area contributed by atoms with Gasteiger partial charge in [-0.05, 0) is 65.6 Å². The summed E-state index contributed by atoms with van der Waals surface area (Å²) in [5.41, 5.74) is -4.29. The van der Waals surface area contributed by atoms with Crippen molar-refractivity contribution in [2.45, 2.75) is 62.7 Å². The number of hydrogen-bond acceptors (Lipinski definition) is 6. The van der Waals surface area contributed by atoms with Gasteiger partial charge in [-0.15, -0.1) is 0 Å². The number of epoxide rings is 1. The molecule has 0 radical (unpaired) electrons. The van der Waals surface area contributed by atoms with Crippen LogP contribution in [0.15, 0.2) is 22.2 Å². The van der Waals surface area contributed by atoms with Gasteiger partial charge in [-0.3, -0.25) is 9.59 Å². The van der Waals surface area contributed by atoms with Gasteiger partial charge < -0.3 is 20.1 Å². The van der Waals surface area contributed by atoms with Crippen molar-refractivity contribution in [3.05, 3.63) is 22.2 Å². The second kappa shape index (κ2) is 5.65. The molecule has 6 nitrogen and oxygen atoms in total. The molecule has 2 unspecified atom stereocenters. The number of aliphatic hydroxyl groups excluding tert-OH is 2. The highest BCUT2D eigenvalue weighted by Gasteiger charge is 2.83. The van der Waals surface area contributed by atoms with Gasteiger partial charge in [0.05, 0.1) is 16.7 Å². The molecular formula is C21H24BrFO6. The first kappa shape index (κ1) is 20.0. The molecule has 3 N–H and O–H groups in total. The first-order chi connectivity index (χ1) is 13.5. The van der Waals surface area contributed by atoms with E-state index in [0.717, 1.165) is 0 Å². The summed E-state index contributed by atoms with van der Waals surface area (Å²) in [5, 5.41) is 31.4. The molecule has 8 heteroatoms. The molecule has 0 aromatic heterocycles. The van der Waals surface area contributed by atoms with Crippen molar-refractivity contribution in [3.8, 4) is 0 Å². The molecule has 9 atom stereocenters. The number of hydrogen-bond donors (Lipinski definition) is 3. The Morgan fingerprint density at radius 2 is 2.03 bits per heavy atom. The van der Waals surface area contributed by atoms with Crippen LogP contribution in [0.2, 0.25) is 0 Å². The smallest absolute Gasteiger partial charge is 0.192 e. The number of rotatable bonds is 2. The van der Waals surface area contributed by atoms with Gasteiger partial charge in [0.1, 0.15) is 18.4 Å². The molecule has 1 aliphatic heterocycles. The minimum Gasteiger partial charge on any atom is -0.390 e. The molecule has 1 saturated heterocycles. The van der Waals surface area contributed by atoms with Crippen molar-refractivity contribution >= 4 is 27.5 Å². The summed E-state index contributed by atoms with van der Waals surface area (Å²) >= 11 is 3.29. The SMILES string of the molecule is C[C@]12C=C(Br)C(=O)C=C1[C@H](F)C[C@H]1[C@@H]3C[C@@H](O)[C@](O)(C(=O)CO)[C@@]3(C)CC3OC312. The molecule has 4 aliphatic carbocycles. The molecule has 5 aliphatic rings. The second-order valence-corrected chi connectivity index (χ2v) is 10.5. The number of ether oxygens (including phenoxy) is 1. The number of allylic oxidation sites excluding steroid dienone is 2. The fraction of sp³-hybridized carbons (Fsp3) is 0.714. The van der Waals surface area contributed by atoms with Gasteiger partial charge in [0, 0.05) is 10.8 Å². The number of aliphatic hydroxyl groups is 3. The Balaban J connectivity index is 1.64. The van der Waals surface area contributed by atoms with Gasteiger partial charge in [0.25, 0.3) is 0 Å². The van der Waals surface area contributed by atoms with E-state index in [0.29, 0.717) is 16.5 Å². The number of alkyl halides is 1.